The molecule has 8 heteroatoms. The summed E-state index contributed by atoms with van der Waals surface area (Å²) < 4.78 is 26.7. The van der Waals surface area contributed by atoms with E-state index in [1.807, 2.05) is 12.1 Å². The minimum atomic E-state index is -0.671. The van der Waals surface area contributed by atoms with Crippen LogP contribution in [0.4, 0.5) is 14.5 Å². The second-order valence-electron chi connectivity index (χ2n) is 10.4. The van der Waals surface area contributed by atoms with Crippen LogP contribution in [0.1, 0.15) is 36.8 Å². The number of likely N-dealkylation sites (tertiary alicyclic amines) is 2. The molecule has 2 fully saturated rings. The number of benzene rings is 2. The highest BCUT2D eigenvalue weighted by atomic mass is 35.5. The molecule has 1 amide bonds. The summed E-state index contributed by atoms with van der Waals surface area (Å²) >= 11 is 6.38. The number of carbonyl (C=O) groups excluding carboxylic acids is 1. The van der Waals surface area contributed by atoms with Crippen LogP contribution in [0.25, 0.3) is 6.08 Å². The summed E-state index contributed by atoms with van der Waals surface area (Å²) in [5.41, 5.74) is 2.84. The third-order valence-electron chi connectivity index (χ3n) is 8.15. The molecule has 5 rings (SSSR count). The average Bonchev–Trinajstić information content (AvgIpc) is 3.23. The number of hydrogen-bond donors (Lipinski definition) is 2. The summed E-state index contributed by atoms with van der Waals surface area (Å²) in [6.07, 6.45) is 5.92. The van der Waals surface area contributed by atoms with E-state index in [1.54, 1.807) is 4.90 Å². The SMILES string of the molecule is O=C(C=Cc1cc(F)cc(F)c1)N1CCC(C(O)CN2CCC3(CC2)CNc2c(Cl)cccc23)CC1. The van der Waals surface area contributed by atoms with Crippen LogP contribution < -0.4 is 5.32 Å². The Kier molecular flexibility index (Phi) is 7.33. The van der Waals surface area contributed by atoms with Gasteiger partial charge in [-0.1, -0.05) is 23.7 Å². The van der Waals surface area contributed by atoms with E-state index in [1.165, 1.54) is 29.8 Å². The quantitative estimate of drug-likeness (QED) is 0.567. The molecule has 36 heavy (non-hydrogen) atoms. The van der Waals surface area contributed by atoms with Gasteiger partial charge in [0.2, 0.25) is 5.91 Å². The molecule has 3 aliphatic rings. The maximum atomic E-state index is 13.3. The largest absolute Gasteiger partial charge is 0.392 e. The molecular formula is C28H32ClF2N3O2. The second-order valence-corrected chi connectivity index (χ2v) is 10.8. The number of carbonyl (C=O) groups is 1. The summed E-state index contributed by atoms with van der Waals surface area (Å²) in [4.78, 5) is 16.6. The molecule has 192 valence electrons. The molecule has 2 aromatic carbocycles. The van der Waals surface area contributed by atoms with Crippen LogP contribution >= 0.6 is 11.6 Å². The number of anilines is 1. The number of piperidine rings is 2. The first-order valence-electron chi connectivity index (χ1n) is 12.7. The van der Waals surface area contributed by atoms with Crippen molar-refractivity contribution in [3.05, 3.63) is 70.3 Å². The van der Waals surface area contributed by atoms with Gasteiger partial charge in [-0.05, 0) is 80.1 Å². The summed E-state index contributed by atoms with van der Waals surface area (Å²) in [6, 6.07) is 9.33. The number of rotatable bonds is 5. The Morgan fingerprint density at radius 2 is 1.83 bits per heavy atom. The van der Waals surface area contributed by atoms with Crippen molar-refractivity contribution >= 4 is 29.3 Å². The van der Waals surface area contributed by atoms with Gasteiger partial charge in [-0.15, -0.1) is 0 Å². The van der Waals surface area contributed by atoms with E-state index in [4.69, 9.17) is 11.6 Å². The minimum absolute atomic E-state index is 0.123. The number of fused-ring (bicyclic) bond motifs is 2. The molecule has 0 bridgehead atoms. The van der Waals surface area contributed by atoms with Crippen LogP contribution in [0.2, 0.25) is 5.02 Å². The Balaban J connectivity index is 1.09. The van der Waals surface area contributed by atoms with Crippen molar-refractivity contribution in [1.82, 2.24) is 9.80 Å². The van der Waals surface area contributed by atoms with Gasteiger partial charge in [0.1, 0.15) is 11.6 Å². The lowest BCUT2D eigenvalue weighted by molar-refractivity contribution is -0.128. The zero-order valence-electron chi connectivity index (χ0n) is 20.2. The Morgan fingerprint density at radius 3 is 2.53 bits per heavy atom. The van der Waals surface area contributed by atoms with Crippen LogP contribution in [-0.4, -0.2) is 66.2 Å². The smallest absolute Gasteiger partial charge is 0.246 e. The molecule has 1 unspecified atom stereocenters. The number of hydrogen-bond acceptors (Lipinski definition) is 4. The number of amides is 1. The van der Waals surface area contributed by atoms with Crippen molar-refractivity contribution in [1.29, 1.82) is 0 Å². The van der Waals surface area contributed by atoms with Crippen molar-refractivity contribution in [2.75, 3.05) is 44.6 Å². The highest BCUT2D eigenvalue weighted by Crippen LogP contribution is 2.46. The molecule has 2 saturated heterocycles. The van der Waals surface area contributed by atoms with E-state index in [0.29, 0.717) is 25.2 Å². The molecule has 1 spiro atoms. The molecule has 3 heterocycles. The third-order valence-corrected chi connectivity index (χ3v) is 8.46. The zero-order chi connectivity index (χ0) is 25.3. The lowest BCUT2D eigenvalue weighted by Gasteiger charge is -2.41. The Bertz CT molecular complexity index is 1120. The van der Waals surface area contributed by atoms with Crippen LogP contribution in [-0.2, 0) is 10.2 Å². The molecule has 0 radical (unpaired) electrons. The normalized spacial score (nSPS) is 21.1. The fraction of sp³-hybridized carbons (Fsp3) is 0.464. The maximum absolute atomic E-state index is 13.3. The zero-order valence-corrected chi connectivity index (χ0v) is 21.0. The lowest BCUT2D eigenvalue weighted by Crippen LogP contribution is -2.48. The molecular weight excluding hydrogens is 484 g/mol. The molecule has 5 nitrogen and oxygen atoms in total. The van der Waals surface area contributed by atoms with E-state index in [9.17, 15) is 18.7 Å². The highest BCUT2D eigenvalue weighted by Gasteiger charge is 2.42. The summed E-state index contributed by atoms with van der Waals surface area (Å²) in [5, 5.41) is 15.2. The van der Waals surface area contributed by atoms with Crippen molar-refractivity contribution in [2.24, 2.45) is 5.92 Å². The lowest BCUT2D eigenvalue weighted by atomic mass is 9.74. The first-order valence-corrected chi connectivity index (χ1v) is 13.1. The van der Waals surface area contributed by atoms with E-state index in [-0.39, 0.29) is 17.2 Å². The van der Waals surface area contributed by atoms with Gasteiger partial charge in [-0.2, -0.15) is 0 Å². The minimum Gasteiger partial charge on any atom is -0.392 e. The number of β-amino-alcohol motifs (C(OH)–C–C–N with tert-alkyl or cyclic N) is 1. The van der Waals surface area contributed by atoms with Gasteiger partial charge in [0, 0.05) is 43.7 Å². The molecule has 0 aromatic heterocycles. The molecule has 0 saturated carbocycles. The van der Waals surface area contributed by atoms with Crippen molar-refractivity contribution < 1.29 is 18.7 Å². The summed E-state index contributed by atoms with van der Waals surface area (Å²) in [5.74, 6) is -1.37. The Labute approximate surface area is 215 Å². The molecule has 2 N–H and O–H groups in total. The van der Waals surface area contributed by atoms with Gasteiger partial charge < -0.3 is 20.2 Å². The fourth-order valence-electron chi connectivity index (χ4n) is 5.97. The van der Waals surface area contributed by atoms with Crippen molar-refractivity contribution in [3.8, 4) is 0 Å². The predicted octanol–water partition coefficient (Wildman–Crippen LogP) is 4.69. The highest BCUT2D eigenvalue weighted by molar-refractivity contribution is 6.33. The predicted molar refractivity (Wildman–Crippen MR) is 138 cm³/mol. The van der Waals surface area contributed by atoms with Gasteiger partial charge >= 0.3 is 0 Å². The van der Waals surface area contributed by atoms with Gasteiger partial charge in [0.15, 0.2) is 0 Å². The third kappa shape index (κ3) is 5.29. The number of nitrogens with zero attached hydrogens (tertiary/aromatic N) is 2. The summed E-state index contributed by atoms with van der Waals surface area (Å²) in [6.45, 7) is 4.57. The number of aliphatic hydroxyl groups excluding tert-OH is 1. The number of aliphatic hydroxyl groups is 1. The van der Waals surface area contributed by atoms with E-state index >= 15 is 0 Å². The maximum Gasteiger partial charge on any atom is 0.246 e. The Morgan fingerprint density at radius 1 is 1.14 bits per heavy atom. The monoisotopic (exact) mass is 515 g/mol. The van der Waals surface area contributed by atoms with Gasteiger partial charge in [-0.25, -0.2) is 8.78 Å². The van der Waals surface area contributed by atoms with E-state index in [2.05, 4.69) is 16.3 Å². The molecule has 3 aliphatic heterocycles. The van der Waals surface area contributed by atoms with Crippen LogP contribution in [0, 0.1) is 17.6 Å². The first kappa shape index (κ1) is 25.2. The molecule has 0 aliphatic carbocycles. The van der Waals surface area contributed by atoms with E-state index < -0.39 is 17.7 Å². The van der Waals surface area contributed by atoms with Crippen LogP contribution in [0.3, 0.4) is 0 Å². The first-order chi connectivity index (χ1) is 17.3. The van der Waals surface area contributed by atoms with E-state index in [0.717, 1.165) is 62.1 Å². The van der Waals surface area contributed by atoms with Crippen LogP contribution in [0.5, 0.6) is 0 Å². The molecule has 2 aromatic rings. The summed E-state index contributed by atoms with van der Waals surface area (Å²) in [7, 11) is 0. The van der Waals surface area contributed by atoms with Crippen molar-refractivity contribution in [3.63, 3.8) is 0 Å². The standard InChI is InChI=1S/C28H32ClF2N3O2/c29-24-3-1-2-23-27(24)32-18-28(23)8-12-33(13-9-28)17-25(35)20-6-10-34(11-7-20)26(36)5-4-19-14-21(30)16-22(31)15-19/h1-5,14-16,20,25,32,35H,6-13,17-18H2. The van der Waals surface area contributed by atoms with Crippen molar-refractivity contribution in [2.45, 2.75) is 37.2 Å². The van der Waals surface area contributed by atoms with Gasteiger partial charge in [0.05, 0.1) is 16.8 Å². The number of halogens is 3. The fourth-order valence-corrected chi connectivity index (χ4v) is 6.21. The van der Waals surface area contributed by atoms with Crippen LogP contribution in [0.15, 0.2) is 42.5 Å². The Hall–Kier alpha value is -2.48. The molecule has 1 atom stereocenters. The van der Waals surface area contributed by atoms with Gasteiger partial charge in [0.25, 0.3) is 0 Å². The topological polar surface area (TPSA) is 55.8 Å². The number of nitrogens with one attached hydrogen (secondary N) is 1. The average molecular weight is 516 g/mol. The van der Waals surface area contributed by atoms with Gasteiger partial charge in [-0.3, -0.25) is 4.79 Å². The second kappa shape index (κ2) is 10.5. The number of para-hydroxylation sites is 1.